The van der Waals surface area contributed by atoms with Gasteiger partial charge in [-0.2, -0.15) is 0 Å². The largest absolute Gasteiger partial charge is 0.487 e. The van der Waals surface area contributed by atoms with Gasteiger partial charge in [0.25, 0.3) is 5.56 Å². The zero-order chi connectivity index (χ0) is 22.9. The summed E-state index contributed by atoms with van der Waals surface area (Å²) >= 11 is 3.21. The van der Waals surface area contributed by atoms with Crippen LogP contribution in [0.25, 0.3) is 16.6 Å². The zero-order valence-corrected chi connectivity index (χ0v) is 19.5. The van der Waals surface area contributed by atoms with Crippen molar-refractivity contribution in [2.24, 2.45) is 0 Å². The lowest BCUT2D eigenvalue weighted by Gasteiger charge is -2.19. The Balaban J connectivity index is 1.59. The predicted octanol–water partition coefficient (Wildman–Crippen LogP) is 3.76. The van der Waals surface area contributed by atoms with E-state index in [4.69, 9.17) is 9.26 Å². The van der Waals surface area contributed by atoms with Gasteiger partial charge in [-0.1, -0.05) is 5.16 Å². The fourth-order valence-electron chi connectivity index (χ4n) is 3.70. The SMILES string of the molecule is O=c1ccc2cc(S(=O)Nc3ccon3)ccc2n1-c1cc(F)c(Br)cc1OC1CCNC1. The normalized spacial score (nSPS) is 16.7. The van der Waals surface area contributed by atoms with Crippen LogP contribution in [0, 0.1) is 5.82 Å². The molecule has 1 aliphatic rings. The molecule has 0 bridgehead atoms. The Hall–Kier alpha value is -3.02. The molecular formula is C22H18BrFN4O4S. The summed E-state index contributed by atoms with van der Waals surface area (Å²) in [5.74, 6) is 0.221. The second kappa shape index (κ2) is 9.08. The molecule has 11 heteroatoms. The standard InChI is InChI=1S/C22H18BrFN4O4S/c23-16-10-20(32-14-5-7-25-12-14)19(11-17(16)24)28-18-3-2-15(9-13(18)1-4-22(28)29)33(30)27-21-6-8-31-26-21/h1-4,6,8-11,14,25H,5,7,12H2,(H,26,27). The number of hydrogen-bond donors (Lipinski definition) is 2. The van der Waals surface area contributed by atoms with Gasteiger partial charge < -0.3 is 14.6 Å². The number of anilines is 1. The van der Waals surface area contributed by atoms with Crippen LogP contribution in [-0.4, -0.2) is 33.1 Å². The topological polar surface area (TPSA) is 98.4 Å². The first-order chi connectivity index (χ1) is 16.0. The molecule has 0 aliphatic carbocycles. The number of fused-ring (bicyclic) bond motifs is 1. The van der Waals surface area contributed by atoms with E-state index in [2.05, 4.69) is 31.1 Å². The maximum atomic E-state index is 14.5. The molecule has 3 heterocycles. The molecule has 1 fully saturated rings. The monoisotopic (exact) mass is 532 g/mol. The molecule has 4 aromatic rings. The van der Waals surface area contributed by atoms with Gasteiger partial charge in [0.15, 0.2) is 16.8 Å². The van der Waals surface area contributed by atoms with Crippen molar-refractivity contribution in [3.8, 4) is 11.4 Å². The van der Waals surface area contributed by atoms with Crippen LogP contribution in [0.4, 0.5) is 10.2 Å². The van der Waals surface area contributed by atoms with E-state index in [0.29, 0.717) is 39.6 Å². The van der Waals surface area contributed by atoms with Crippen LogP contribution >= 0.6 is 15.9 Å². The second-order valence-electron chi connectivity index (χ2n) is 7.45. The first kappa shape index (κ1) is 21.8. The maximum Gasteiger partial charge on any atom is 0.255 e. The molecule has 5 rings (SSSR count). The number of aromatic nitrogens is 2. The lowest BCUT2D eigenvalue weighted by molar-refractivity contribution is 0.222. The third-order valence-electron chi connectivity index (χ3n) is 5.27. The van der Waals surface area contributed by atoms with Crippen LogP contribution in [0.5, 0.6) is 5.75 Å². The highest BCUT2D eigenvalue weighted by atomic mass is 79.9. The molecule has 2 N–H and O–H groups in total. The van der Waals surface area contributed by atoms with Crippen LogP contribution in [0.2, 0.25) is 0 Å². The van der Waals surface area contributed by atoms with Gasteiger partial charge in [-0.25, -0.2) is 8.60 Å². The highest BCUT2D eigenvalue weighted by Crippen LogP contribution is 2.32. The molecule has 1 saturated heterocycles. The van der Waals surface area contributed by atoms with Crippen molar-refractivity contribution >= 4 is 43.6 Å². The van der Waals surface area contributed by atoms with Crippen molar-refractivity contribution in [3.63, 3.8) is 0 Å². The van der Waals surface area contributed by atoms with Crippen LogP contribution in [0.1, 0.15) is 6.42 Å². The van der Waals surface area contributed by atoms with Crippen molar-refractivity contribution in [1.29, 1.82) is 0 Å². The summed E-state index contributed by atoms with van der Waals surface area (Å²) < 4.78 is 42.5. The van der Waals surface area contributed by atoms with Crippen LogP contribution < -0.4 is 20.3 Å². The van der Waals surface area contributed by atoms with Crippen LogP contribution in [0.15, 0.2) is 73.5 Å². The highest BCUT2D eigenvalue weighted by molar-refractivity contribution is 9.10. The number of nitrogens with one attached hydrogen (secondary N) is 2. The minimum absolute atomic E-state index is 0.0802. The number of hydrogen-bond acceptors (Lipinski definition) is 6. The number of pyridine rings is 1. The van der Waals surface area contributed by atoms with Gasteiger partial charge in [0.1, 0.15) is 23.9 Å². The van der Waals surface area contributed by atoms with Crippen molar-refractivity contribution < 1.29 is 17.9 Å². The number of benzene rings is 2. The Bertz CT molecular complexity index is 1400. The van der Waals surface area contributed by atoms with E-state index in [1.54, 1.807) is 36.4 Å². The number of ether oxygens (including phenoxy) is 1. The Morgan fingerprint density at radius 1 is 1.24 bits per heavy atom. The fourth-order valence-corrected chi connectivity index (χ4v) is 4.86. The summed E-state index contributed by atoms with van der Waals surface area (Å²) in [7, 11) is -1.60. The van der Waals surface area contributed by atoms with E-state index in [-0.39, 0.29) is 16.1 Å². The minimum atomic E-state index is -1.60. The summed E-state index contributed by atoms with van der Waals surface area (Å²) in [5, 5.41) is 7.57. The smallest absolute Gasteiger partial charge is 0.255 e. The van der Waals surface area contributed by atoms with Crippen molar-refractivity contribution in [2.45, 2.75) is 17.4 Å². The highest BCUT2D eigenvalue weighted by Gasteiger charge is 2.21. The van der Waals surface area contributed by atoms with E-state index >= 15 is 0 Å². The Labute approximate surface area is 198 Å². The molecule has 1 aliphatic heterocycles. The van der Waals surface area contributed by atoms with E-state index in [0.717, 1.165) is 13.0 Å². The Kier molecular flexibility index (Phi) is 6.00. The lowest BCUT2D eigenvalue weighted by Crippen LogP contribution is -2.23. The van der Waals surface area contributed by atoms with Crippen LogP contribution in [-0.2, 0) is 11.0 Å². The average molecular weight is 533 g/mol. The van der Waals surface area contributed by atoms with Gasteiger partial charge in [-0.3, -0.25) is 14.1 Å². The molecule has 0 spiro atoms. The van der Waals surface area contributed by atoms with Gasteiger partial charge in [0.05, 0.1) is 20.6 Å². The fraction of sp³-hybridized carbons (Fsp3) is 0.182. The van der Waals surface area contributed by atoms with Gasteiger partial charge in [0, 0.05) is 30.1 Å². The Morgan fingerprint density at radius 2 is 2.12 bits per heavy atom. The van der Waals surface area contributed by atoms with E-state index in [1.807, 2.05) is 0 Å². The molecule has 0 radical (unpaired) electrons. The summed E-state index contributed by atoms with van der Waals surface area (Å²) in [6.07, 6.45) is 2.10. The summed E-state index contributed by atoms with van der Waals surface area (Å²) in [5.41, 5.74) is 0.488. The Morgan fingerprint density at radius 3 is 2.88 bits per heavy atom. The van der Waals surface area contributed by atoms with E-state index in [1.165, 1.54) is 23.0 Å². The number of halogens is 2. The maximum absolute atomic E-state index is 14.5. The molecule has 33 heavy (non-hydrogen) atoms. The molecule has 0 amide bonds. The quantitative estimate of drug-likeness (QED) is 0.392. The predicted molar refractivity (Wildman–Crippen MR) is 126 cm³/mol. The van der Waals surface area contributed by atoms with E-state index < -0.39 is 16.8 Å². The number of nitrogens with zero attached hydrogens (tertiary/aromatic N) is 2. The van der Waals surface area contributed by atoms with Gasteiger partial charge >= 0.3 is 0 Å². The second-order valence-corrected chi connectivity index (χ2v) is 9.52. The molecule has 8 nitrogen and oxygen atoms in total. The van der Waals surface area contributed by atoms with Crippen LogP contribution in [0.3, 0.4) is 0 Å². The third kappa shape index (κ3) is 4.43. The third-order valence-corrected chi connectivity index (χ3v) is 6.95. The summed E-state index contributed by atoms with van der Waals surface area (Å²) in [6.45, 7) is 1.51. The van der Waals surface area contributed by atoms with Crippen molar-refractivity contribution in [1.82, 2.24) is 15.0 Å². The van der Waals surface area contributed by atoms with Gasteiger partial charge in [-0.05, 0) is 59.2 Å². The summed E-state index contributed by atoms with van der Waals surface area (Å²) in [4.78, 5) is 13.4. The van der Waals surface area contributed by atoms with Gasteiger partial charge in [0.2, 0.25) is 0 Å². The first-order valence-electron chi connectivity index (χ1n) is 10.1. The van der Waals surface area contributed by atoms with E-state index in [9.17, 15) is 13.4 Å². The molecular weight excluding hydrogens is 515 g/mol. The average Bonchev–Trinajstić information content (AvgIpc) is 3.50. The lowest BCUT2D eigenvalue weighted by atomic mass is 10.2. The molecule has 170 valence electrons. The van der Waals surface area contributed by atoms with Crippen molar-refractivity contribution in [3.05, 3.63) is 75.4 Å². The molecule has 2 atom stereocenters. The number of rotatable bonds is 6. The summed E-state index contributed by atoms with van der Waals surface area (Å²) in [6, 6.07) is 12.4. The molecule has 0 saturated carbocycles. The molecule has 2 aromatic carbocycles. The van der Waals surface area contributed by atoms with Gasteiger partial charge in [-0.15, -0.1) is 0 Å². The van der Waals surface area contributed by atoms with Crippen molar-refractivity contribution in [2.75, 3.05) is 17.8 Å². The molecule has 2 unspecified atom stereocenters. The minimum Gasteiger partial charge on any atom is -0.487 e. The first-order valence-corrected chi connectivity index (χ1v) is 12.1. The molecule has 2 aromatic heterocycles. The zero-order valence-electron chi connectivity index (χ0n) is 17.1.